The highest BCUT2D eigenvalue weighted by Gasteiger charge is 2.11. The van der Waals surface area contributed by atoms with Crippen molar-refractivity contribution in [3.63, 3.8) is 0 Å². The second-order valence-electron chi connectivity index (χ2n) is 4.16. The first-order valence-electron chi connectivity index (χ1n) is 5.68. The molecule has 0 saturated heterocycles. The molecule has 0 saturated carbocycles. The zero-order valence-electron chi connectivity index (χ0n) is 10.3. The molecule has 1 aromatic rings. The van der Waals surface area contributed by atoms with Crippen molar-refractivity contribution in [3.8, 4) is 0 Å². The van der Waals surface area contributed by atoms with E-state index in [2.05, 4.69) is 18.8 Å². The molecule has 0 aliphatic carbocycles. The van der Waals surface area contributed by atoms with E-state index in [-0.39, 0.29) is 11.9 Å². The first-order chi connectivity index (χ1) is 7.58. The van der Waals surface area contributed by atoms with Gasteiger partial charge in [-0.1, -0.05) is 31.2 Å². The largest absolute Gasteiger partial charge is 0.313 e. The summed E-state index contributed by atoms with van der Waals surface area (Å²) in [5.74, 6) is -0.139. The fourth-order valence-electron chi connectivity index (χ4n) is 1.65. The van der Waals surface area contributed by atoms with E-state index in [9.17, 15) is 4.39 Å². The molecule has 16 heavy (non-hydrogen) atoms. The lowest BCUT2D eigenvalue weighted by Crippen LogP contribution is -2.17. The summed E-state index contributed by atoms with van der Waals surface area (Å²) in [7, 11) is 1.89. The summed E-state index contributed by atoms with van der Waals surface area (Å²) >= 11 is 0. The van der Waals surface area contributed by atoms with E-state index in [0.29, 0.717) is 5.56 Å². The molecular formula is C14H20FN. The molecule has 1 unspecified atom stereocenters. The van der Waals surface area contributed by atoms with Gasteiger partial charge in [0.1, 0.15) is 5.82 Å². The van der Waals surface area contributed by atoms with Crippen LogP contribution < -0.4 is 5.32 Å². The van der Waals surface area contributed by atoms with Crippen LogP contribution in [0.15, 0.2) is 30.4 Å². The molecule has 88 valence electrons. The van der Waals surface area contributed by atoms with Gasteiger partial charge < -0.3 is 5.32 Å². The average molecular weight is 221 g/mol. The summed E-state index contributed by atoms with van der Waals surface area (Å²) in [6.07, 6.45) is 1.82. The quantitative estimate of drug-likeness (QED) is 0.747. The van der Waals surface area contributed by atoms with Crippen LogP contribution >= 0.6 is 0 Å². The van der Waals surface area contributed by atoms with Gasteiger partial charge in [0, 0.05) is 6.04 Å². The lowest BCUT2D eigenvalue weighted by molar-refractivity contribution is 0.568. The number of hydrogen-bond acceptors (Lipinski definition) is 1. The first-order valence-corrected chi connectivity index (χ1v) is 5.68. The third-order valence-electron chi connectivity index (χ3n) is 2.94. The summed E-state index contributed by atoms with van der Waals surface area (Å²) in [5, 5.41) is 3.20. The van der Waals surface area contributed by atoms with Gasteiger partial charge in [0.15, 0.2) is 0 Å². The first kappa shape index (κ1) is 12.9. The summed E-state index contributed by atoms with van der Waals surface area (Å²) in [6, 6.07) is 5.56. The monoisotopic (exact) mass is 221 g/mol. The van der Waals surface area contributed by atoms with E-state index in [1.54, 1.807) is 13.0 Å². The third-order valence-corrected chi connectivity index (χ3v) is 2.94. The van der Waals surface area contributed by atoms with Crippen LogP contribution in [0.3, 0.4) is 0 Å². The molecular weight excluding hydrogens is 201 g/mol. The van der Waals surface area contributed by atoms with Crippen LogP contribution in [0.5, 0.6) is 0 Å². The minimum absolute atomic E-state index is 0.139. The van der Waals surface area contributed by atoms with E-state index < -0.39 is 0 Å². The lowest BCUT2D eigenvalue weighted by atomic mass is 9.97. The molecule has 0 fully saturated rings. The van der Waals surface area contributed by atoms with Crippen molar-refractivity contribution in [3.05, 3.63) is 47.3 Å². The molecule has 0 bridgehead atoms. The Labute approximate surface area is 97.4 Å². The van der Waals surface area contributed by atoms with Gasteiger partial charge in [0.25, 0.3) is 0 Å². The van der Waals surface area contributed by atoms with E-state index in [4.69, 9.17) is 0 Å². The minimum Gasteiger partial charge on any atom is -0.313 e. The fraction of sp³-hybridized carbons (Fsp3) is 0.429. The van der Waals surface area contributed by atoms with Crippen molar-refractivity contribution in [1.82, 2.24) is 5.32 Å². The van der Waals surface area contributed by atoms with Crippen LogP contribution in [0.1, 0.15) is 36.9 Å². The molecule has 1 N–H and O–H groups in total. The molecule has 0 amide bonds. The van der Waals surface area contributed by atoms with Gasteiger partial charge in [-0.2, -0.15) is 0 Å². The van der Waals surface area contributed by atoms with Crippen LogP contribution in [0, 0.1) is 12.7 Å². The number of halogens is 1. The van der Waals surface area contributed by atoms with Crippen LogP contribution in [0.2, 0.25) is 0 Å². The number of nitrogens with one attached hydrogen (secondary N) is 1. The fourth-order valence-corrected chi connectivity index (χ4v) is 1.65. The maximum Gasteiger partial charge on any atom is 0.126 e. The molecule has 0 spiro atoms. The zero-order valence-corrected chi connectivity index (χ0v) is 10.3. The number of rotatable bonds is 5. The Kier molecular flexibility index (Phi) is 4.69. The molecule has 1 rings (SSSR count). The normalized spacial score (nSPS) is 12.5. The average Bonchev–Trinajstić information content (AvgIpc) is 2.29. The van der Waals surface area contributed by atoms with Gasteiger partial charge in [0.05, 0.1) is 0 Å². The predicted octanol–water partition coefficient (Wildman–Crippen LogP) is 3.75. The minimum atomic E-state index is -0.139. The predicted molar refractivity (Wildman–Crippen MR) is 67.0 cm³/mol. The van der Waals surface area contributed by atoms with Crippen molar-refractivity contribution in [2.75, 3.05) is 7.05 Å². The molecule has 0 heterocycles. The standard InChI is InChI=1S/C14H20FN/c1-5-10(2)8-14(16-4)12-7-6-11(3)13(15)9-12/h6-7,9,14,16H,2,5,8H2,1,3-4H3. The molecule has 0 aliphatic heterocycles. The molecule has 2 heteroatoms. The SMILES string of the molecule is C=C(CC)CC(NC)c1ccc(C)c(F)c1. The number of aryl methyl sites for hydroxylation is 1. The van der Waals surface area contributed by atoms with Crippen molar-refractivity contribution in [2.45, 2.75) is 32.7 Å². The number of benzene rings is 1. The Morgan fingerprint density at radius 3 is 2.69 bits per heavy atom. The van der Waals surface area contributed by atoms with Crippen molar-refractivity contribution >= 4 is 0 Å². The van der Waals surface area contributed by atoms with Gasteiger partial charge in [-0.05, 0) is 44.0 Å². The molecule has 0 aliphatic rings. The summed E-state index contributed by atoms with van der Waals surface area (Å²) in [5.41, 5.74) is 2.86. The van der Waals surface area contributed by atoms with Crippen molar-refractivity contribution in [1.29, 1.82) is 0 Å². The summed E-state index contributed by atoms with van der Waals surface area (Å²) < 4.78 is 13.4. The Hall–Kier alpha value is -1.15. The highest BCUT2D eigenvalue weighted by atomic mass is 19.1. The number of hydrogen-bond donors (Lipinski definition) is 1. The Morgan fingerprint density at radius 2 is 2.19 bits per heavy atom. The van der Waals surface area contributed by atoms with Gasteiger partial charge in [0.2, 0.25) is 0 Å². The smallest absolute Gasteiger partial charge is 0.126 e. The van der Waals surface area contributed by atoms with Crippen molar-refractivity contribution < 1.29 is 4.39 Å². The van der Waals surface area contributed by atoms with Crippen molar-refractivity contribution in [2.24, 2.45) is 0 Å². The third kappa shape index (κ3) is 3.17. The molecule has 1 nitrogen and oxygen atoms in total. The Bertz CT molecular complexity index is 371. The van der Waals surface area contributed by atoms with Gasteiger partial charge in [-0.3, -0.25) is 0 Å². The maximum absolute atomic E-state index is 13.4. The second-order valence-corrected chi connectivity index (χ2v) is 4.16. The van der Waals surface area contributed by atoms with E-state index in [1.165, 1.54) is 5.57 Å². The topological polar surface area (TPSA) is 12.0 Å². The van der Waals surface area contributed by atoms with Gasteiger partial charge in [-0.15, -0.1) is 0 Å². The summed E-state index contributed by atoms with van der Waals surface area (Å²) in [4.78, 5) is 0. The lowest BCUT2D eigenvalue weighted by Gasteiger charge is -2.18. The van der Waals surface area contributed by atoms with E-state index in [0.717, 1.165) is 18.4 Å². The van der Waals surface area contributed by atoms with Crippen LogP contribution in [-0.2, 0) is 0 Å². The highest BCUT2D eigenvalue weighted by molar-refractivity contribution is 5.26. The van der Waals surface area contributed by atoms with Crippen LogP contribution in [-0.4, -0.2) is 7.05 Å². The Morgan fingerprint density at radius 1 is 1.50 bits per heavy atom. The van der Waals surface area contributed by atoms with Crippen LogP contribution in [0.4, 0.5) is 4.39 Å². The molecule has 0 aromatic heterocycles. The second kappa shape index (κ2) is 5.80. The van der Waals surface area contributed by atoms with E-state index in [1.807, 2.05) is 19.2 Å². The molecule has 1 atom stereocenters. The maximum atomic E-state index is 13.4. The molecule has 0 radical (unpaired) electrons. The van der Waals surface area contributed by atoms with Crippen LogP contribution in [0.25, 0.3) is 0 Å². The highest BCUT2D eigenvalue weighted by Crippen LogP contribution is 2.23. The molecule has 1 aromatic carbocycles. The van der Waals surface area contributed by atoms with E-state index >= 15 is 0 Å². The Balaban J connectivity index is 2.86. The zero-order chi connectivity index (χ0) is 12.1. The summed E-state index contributed by atoms with van der Waals surface area (Å²) in [6.45, 7) is 7.86. The van der Waals surface area contributed by atoms with Gasteiger partial charge in [-0.25, -0.2) is 4.39 Å². The van der Waals surface area contributed by atoms with Gasteiger partial charge >= 0.3 is 0 Å².